The summed E-state index contributed by atoms with van der Waals surface area (Å²) >= 11 is 11.4. The van der Waals surface area contributed by atoms with Crippen molar-refractivity contribution in [2.24, 2.45) is 5.92 Å². The highest BCUT2D eigenvalue weighted by molar-refractivity contribution is 6.49. The number of hydrogen-bond acceptors (Lipinski definition) is 2. The molecule has 0 aliphatic rings. The Labute approximate surface area is 81.3 Å². The normalized spacial score (nSPS) is 14.3. The average Bonchev–Trinajstić information content (AvgIpc) is 1.86. The topological polar surface area (TPSA) is 57.5 Å². The van der Waals surface area contributed by atoms with Gasteiger partial charge in [0.1, 0.15) is 4.33 Å². The van der Waals surface area contributed by atoms with Crippen molar-refractivity contribution < 1.29 is 15.0 Å². The number of halogens is 2. The molecule has 0 bridgehead atoms. The number of aliphatic hydroxyl groups excluding tert-OH is 1. The van der Waals surface area contributed by atoms with Gasteiger partial charge < -0.3 is 10.2 Å². The number of carboxylic acids is 1. The fourth-order valence-corrected chi connectivity index (χ4v) is 1.64. The molecule has 12 heavy (non-hydrogen) atoms. The van der Waals surface area contributed by atoms with Gasteiger partial charge in [0.25, 0.3) is 0 Å². The summed E-state index contributed by atoms with van der Waals surface area (Å²) in [5.74, 6) is -1.86. The van der Waals surface area contributed by atoms with E-state index in [-0.39, 0.29) is 13.0 Å². The van der Waals surface area contributed by atoms with Gasteiger partial charge in [0, 0.05) is 13.0 Å². The summed E-state index contributed by atoms with van der Waals surface area (Å²) in [6.45, 7) is 1.48. The Bertz CT molecular complexity index is 159. The number of hydrogen-bond donors (Lipinski definition) is 2. The predicted molar refractivity (Wildman–Crippen MR) is 47.6 cm³/mol. The Morgan fingerprint density at radius 3 is 2.33 bits per heavy atom. The molecule has 5 heteroatoms. The van der Waals surface area contributed by atoms with Crippen LogP contribution in [0, 0.1) is 5.92 Å². The van der Waals surface area contributed by atoms with Crippen molar-refractivity contribution in [2.45, 2.75) is 24.1 Å². The maximum atomic E-state index is 10.6. The molecule has 0 radical (unpaired) electrons. The minimum atomic E-state index is -1.37. The van der Waals surface area contributed by atoms with E-state index in [0.717, 1.165) is 0 Å². The van der Waals surface area contributed by atoms with Crippen molar-refractivity contribution in [3.63, 3.8) is 0 Å². The smallest absolute Gasteiger partial charge is 0.309 e. The number of carboxylic acid groups (broad SMARTS) is 1. The molecule has 1 atom stereocenters. The van der Waals surface area contributed by atoms with Crippen molar-refractivity contribution in [3.05, 3.63) is 0 Å². The standard InChI is InChI=1S/C7H12Cl2O3/c1-2-5(6(11)12)7(8,9)3-4-10/h5,10H,2-4H2,1H3,(H,11,12). The third kappa shape index (κ3) is 3.17. The molecule has 0 saturated carbocycles. The van der Waals surface area contributed by atoms with E-state index in [1.807, 2.05) is 0 Å². The highest BCUT2D eigenvalue weighted by Crippen LogP contribution is 2.35. The van der Waals surface area contributed by atoms with Crippen LogP contribution in [0.25, 0.3) is 0 Å². The molecule has 0 saturated heterocycles. The maximum Gasteiger partial charge on any atom is 0.309 e. The van der Waals surface area contributed by atoms with Gasteiger partial charge in [0.05, 0.1) is 5.92 Å². The highest BCUT2D eigenvalue weighted by Gasteiger charge is 2.38. The minimum Gasteiger partial charge on any atom is -0.481 e. The number of carbonyl (C=O) groups is 1. The van der Waals surface area contributed by atoms with Crippen molar-refractivity contribution in [2.75, 3.05) is 6.61 Å². The monoisotopic (exact) mass is 214 g/mol. The fraction of sp³-hybridized carbons (Fsp3) is 0.857. The van der Waals surface area contributed by atoms with Gasteiger partial charge in [0.15, 0.2) is 0 Å². The predicted octanol–water partition coefficient (Wildman–Crippen LogP) is 1.65. The second kappa shape index (κ2) is 4.90. The molecule has 0 rings (SSSR count). The third-order valence-electron chi connectivity index (χ3n) is 1.66. The van der Waals surface area contributed by atoms with Crippen LogP contribution in [0.4, 0.5) is 0 Å². The zero-order chi connectivity index (χ0) is 9.78. The molecule has 0 aromatic rings. The molecule has 0 aliphatic carbocycles. The molecule has 0 spiro atoms. The van der Waals surface area contributed by atoms with Crippen LogP contribution >= 0.6 is 23.2 Å². The number of aliphatic carboxylic acids is 1. The second-order valence-electron chi connectivity index (χ2n) is 2.53. The molecule has 0 aliphatic heterocycles. The van der Waals surface area contributed by atoms with Crippen LogP contribution in [-0.2, 0) is 4.79 Å². The molecule has 72 valence electrons. The Balaban J connectivity index is 4.36. The van der Waals surface area contributed by atoms with Crippen molar-refractivity contribution in [3.8, 4) is 0 Å². The van der Waals surface area contributed by atoms with Gasteiger partial charge in [-0.2, -0.15) is 0 Å². The maximum absolute atomic E-state index is 10.6. The fourth-order valence-electron chi connectivity index (χ4n) is 0.977. The lowest BCUT2D eigenvalue weighted by atomic mass is 10.00. The van der Waals surface area contributed by atoms with Gasteiger partial charge in [-0.25, -0.2) is 0 Å². The van der Waals surface area contributed by atoms with Gasteiger partial charge in [-0.1, -0.05) is 6.92 Å². The zero-order valence-corrected chi connectivity index (χ0v) is 8.27. The van der Waals surface area contributed by atoms with Gasteiger partial charge >= 0.3 is 5.97 Å². The SMILES string of the molecule is CCC(C(=O)O)C(Cl)(Cl)CCO. The van der Waals surface area contributed by atoms with Gasteiger partial charge in [0.2, 0.25) is 0 Å². The number of alkyl halides is 2. The zero-order valence-electron chi connectivity index (χ0n) is 6.76. The van der Waals surface area contributed by atoms with E-state index >= 15 is 0 Å². The summed E-state index contributed by atoms with van der Waals surface area (Å²) in [6, 6.07) is 0. The van der Waals surface area contributed by atoms with Gasteiger partial charge in [-0.3, -0.25) is 4.79 Å². The molecular formula is C7H12Cl2O3. The lowest BCUT2D eigenvalue weighted by molar-refractivity contribution is -0.142. The lowest BCUT2D eigenvalue weighted by Gasteiger charge is -2.24. The molecule has 2 N–H and O–H groups in total. The first-order valence-corrected chi connectivity index (χ1v) is 4.42. The lowest BCUT2D eigenvalue weighted by Crippen LogP contribution is -2.32. The quantitative estimate of drug-likeness (QED) is 0.685. The van der Waals surface area contributed by atoms with E-state index in [1.165, 1.54) is 0 Å². The summed E-state index contributed by atoms with van der Waals surface area (Å²) in [5, 5.41) is 17.3. The molecule has 3 nitrogen and oxygen atoms in total. The highest BCUT2D eigenvalue weighted by atomic mass is 35.5. The van der Waals surface area contributed by atoms with E-state index in [0.29, 0.717) is 6.42 Å². The number of rotatable bonds is 5. The minimum absolute atomic E-state index is 0.0704. The van der Waals surface area contributed by atoms with Crippen LogP contribution in [0.1, 0.15) is 19.8 Å². The Morgan fingerprint density at radius 1 is 1.58 bits per heavy atom. The second-order valence-corrected chi connectivity index (χ2v) is 4.08. The van der Waals surface area contributed by atoms with E-state index in [2.05, 4.69) is 0 Å². The van der Waals surface area contributed by atoms with E-state index in [9.17, 15) is 4.79 Å². The average molecular weight is 215 g/mol. The summed E-state index contributed by atoms with van der Waals surface area (Å²) < 4.78 is -1.37. The van der Waals surface area contributed by atoms with Crippen LogP contribution in [0.3, 0.4) is 0 Å². The van der Waals surface area contributed by atoms with Crippen LogP contribution in [0.5, 0.6) is 0 Å². The first-order chi connectivity index (χ1) is 5.45. The van der Waals surface area contributed by atoms with E-state index in [4.69, 9.17) is 33.4 Å². The van der Waals surface area contributed by atoms with Crippen LogP contribution in [0.2, 0.25) is 0 Å². The van der Waals surface area contributed by atoms with Crippen molar-refractivity contribution in [1.29, 1.82) is 0 Å². The van der Waals surface area contributed by atoms with Crippen molar-refractivity contribution in [1.82, 2.24) is 0 Å². The molecular weight excluding hydrogens is 203 g/mol. The van der Waals surface area contributed by atoms with Crippen LogP contribution in [-0.4, -0.2) is 27.1 Å². The van der Waals surface area contributed by atoms with E-state index < -0.39 is 16.2 Å². The molecule has 1 unspecified atom stereocenters. The van der Waals surface area contributed by atoms with Crippen LogP contribution < -0.4 is 0 Å². The Morgan fingerprint density at radius 2 is 2.08 bits per heavy atom. The molecule has 0 aromatic heterocycles. The Kier molecular flexibility index (Phi) is 4.90. The largest absolute Gasteiger partial charge is 0.481 e. The first kappa shape index (κ1) is 12.0. The van der Waals surface area contributed by atoms with E-state index in [1.54, 1.807) is 6.92 Å². The molecule has 0 heterocycles. The molecule has 0 amide bonds. The molecule has 0 aromatic carbocycles. The summed E-state index contributed by atoms with van der Waals surface area (Å²) in [6.07, 6.45) is 0.420. The number of aliphatic hydroxyl groups is 1. The first-order valence-electron chi connectivity index (χ1n) is 3.67. The van der Waals surface area contributed by atoms with Crippen LogP contribution in [0.15, 0.2) is 0 Å². The summed E-state index contributed by atoms with van der Waals surface area (Å²) in [7, 11) is 0. The van der Waals surface area contributed by atoms with Gasteiger partial charge in [-0.05, 0) is 6.42 Å². The summed E-state index contributed by atoms with van der Waals surface area (Å²) in [5.41, 5.74) is 0. The third-order valence-corrected chi connectivity index (χ3v) is 2.57. The Hall–Kier alpha value is 0.01000. The van der Waals surface area contributed by atoms with Gasteiger partial charge in [-0.15, -0.1) is 23.2 Å². The summed E-state index contributed by atoms with van der Waals surface area (Å²) in [4.78, 5) is 10.6. The molecule has 0 fully saturated rings. The van der Waals surface area contributed by atoms with Crippen molar-refractivity contribution >= 4 is 29.2 Å².